The van der Waals surface area contributed by atoms with E-state index < -0.39 is 28.5 Å². The van der Waals surface area contributed by atoms with E-state index in [0.29, 0.717) is 5.69 Å². The highest BCUT2D eigenvalue weighted by Gasteiger charge is 2.21. The van der Waals surface area contributed by atoms with E-state index in [0.717, 1.165) is 4.31 Å². The van der Waals surface area contributed by atoms with E-state index in [9.17, 15) is 18.0 Å². The molecule has 27 heavy (non-hydrogen) atoms. The zero-order valence-electron chi connectivity index (χ0n) is 15.1. The molecule has 1 aromatic carbocycles. The van der Waals surface area contributed by atoms with Crippen molar-refractivity contribution in [3.63, 3.8) is 0 Å². The molecule has 1 aromatic heterocycles. The summed E-state index contributed by atoms with van der Waals surface area (Å²) in [5, 5.41) is 6.19. The minimum absolute atomic E-state index is 0.0417. The number of hydrogen-bond donors (Lipinski definition) is 1. The molecule has 0 aliphatic heterocycles. The lowest BCUT2D eigenvalue weighted by Gasteiger charge is -2.14. The first kappa shape index (κ1) is 20.9. The lowest BCUT2D eigenvalue weighted by Crippen LogP contribution is -2.23. The standard InChI is InChI=1S/C16H18ClN3O6S/c1-9-15(10(2)26-19-9)16(22)25-8-14(21)18-13-7-11(5-6-12(13)17)27(23,24)20(3)4/h5-7H,8H2,1-4H3,(H,18,21). The van der Waals surface area contributed by atoms with E-state index in [1.807, 2.05) is 0 Å². The molecule has 0 saturated heterocycles. The Morgan fingerprint density at radius 1 is 1.30 bits per heavy atom. The quantitative estimate of drug-likeness (QED) is 0.716. The second-order valence-corrected chi connectivity index (χ2v) is 8.31. The molecule has 1 N–H and O–H groups in total. The third-order valence-corrected chi connectivity index (χ3v) is 5.70. The summed E-state index contributed by atoms with van der Waals surface area (Å²) in [7, 11) is -0.926. The Labute approximate surface area is 161 Å². The zero-order valence-corrected chi connectivity index (χ0v) is 16.6. The number of anilines is 1. The third kappa shape index (κ3) is 4.65. The highest BCUT2D eigenvalue weighted by Crippen LogP contribution is 2.26. The summed E-state index contributed by atoms with van der Waals surface area (Å²) in [4.78, 5) is 24.0. The Kier molecular flexibility index (Phi) is 6.24. The molecule has 11 heteroatoms. The van der Waals surface area contributed by atoms with Crippen LogP contribution in [0.25, 0.3) is 0 Å². The number of aromatic nitrogens is 1. The fourth-order valence-corrected chi connectivity index (χ4v) is 3.23. The molecule has 0 aliphatic carbocycles. The average Bonchev–Trinajstić information content (AvgIpc) is 2.93. The number of aryl methyl sites for hydroxylation is 2. The predicted molar refractivity (Wildman–Crippen MR) is 97.2 cm³/mol. The normalized spacial score (nSPS) is 11.5. The summed E-state index contributed by atoms with van der Waals surface area (Å²) in [6.07, 6.45) is 0. The van der Waals surface area contributed by atoms with Crippen molar-refractivity contribution < 1.29 is 27.3 Å². The first-order valence-electron chi connectivity index (χ1n) is 7.66. The number of halogens is 1. The van der Waals surface area contributed by atoms with Crippen LogP contribution in [0.1, 0.15) is 21.8 Å². The van der Waals surface area contributed by atoms with Gasteiger partial charge in [-0.05, 0) is 32.0 Å². The van der Waals surface area contributed by atoms with Gasteiger partial charge in [-0.15, -0.1) is 0 Å². The van der Waals surface area contributed by atoms with Crippen LogP contribution >= 0.6 is 11.6 Å². The highest BCUT2D eigenvalue weighted by atomic mass is 35.5. The van der Waals surface area contributed by atoms with Gasteiger partial charge in [0, 0.05) is 14.1 Å². The van der Waals surface area contributed by atoms with Crippen LogP contribution < -0.4 is 5.32 Å². The lowest BCUT2D eigenvalue weighted by atomic mass is 10.2. The zero-order chi connectivity index (χ0) is 20.4. The molecular weight excluding hydrogens is 398 g/mol. The number of hydrogen-bond acceptors (Lipinski definition) is 7. The van der Waals surface area contributed by atoms with Gasteiger partial charge < -0.3 is 14.6 Å². The Balaban J connectivity index is 2.09. The van der Waals surface area contributed by atoms with Crippen molar-refractivity contribution in [2.45, 2.75) is 18.7 Å². The molecule has 0 atom stereocenters. The topological polar surface area (TPSA) is 119 Å². The highest BCUT2D eigenvalue weighted by molar-refractivity contribution is 7.89. The molecule has 146 valence electrons. The van der Waals surface area contributed by atoms with Crippen molar-refractivity contribution in [3.8, 4) is 0 Å². The van der Waals surface area contributed by atoms with Gasteiger partial charge in [0.25, 0.3) is 5.91 Å². The molecule has 0 radical (unpaired) electrons. The van der Waals surface area contributed by atoms with Crippen LogP contribution in [0.5, 0.6) is 0 Å². The van der Waals surface area contributed by atoms with Gasteiger partial charge in [-0.25, -0.2) is 17.5 Å². The van der Waals surface area contributed by atoms with E-state index in [4.69, 9.17) is 20.9 Å². The molecule has 9 nitrogen and oxygen atoms in total. The molecule has 2 rings (SSSR count). The fourth-order valence-electron chi connectivity index (χ4n) is 2.14. The molecule has 0 aliphatic rings. The first-order valence-corrected chi connectivity index (χ1v) is 9.47. The summed E-state index contributed by atoms with van der Waals surface area (Å²) in [5.41, 5.74) is 0.584. The summed E-state index contributed by atoms with van der Waals surface area (Å²) in [6, 6.07) is 3.90. The number of carbonyl (C=O) groups excluding carboxylic acids is 2. The predicted octanol–water partition coefficient (Wildman–Crippen LogP) is 1.99. The second kappa shape index (κ2) is 8.07. The largest absolute Gasteiger partial charge is 0.452 e. The minimum atomic E-state index is -3.70. The molecule has 2 aromatic rings. The van der Waals surface area contributed by atoms with Gasteiger partial charge in [0.2, 0.25) is 10.0 Å². The number of carbonyl (C=O) groups is 2. The molecule has 0 bridgehead atoms. The van der Waals surface area contributed by atoms with Gasteiger partial charge >= 0.3 is 5.97 Å². The smallest absolute Gasteiger partial charge is 0.344 e. The Bertz CT molecular complexity index is 965. The molecule has 0 saturated carbocycles. The first-order chi connectivity index (χ1) is 12.5. The summed E-state index contributed by atoms with van der Waals surface area (Å²) in [6.45, 7) is 2.53. The van der Waals surface area contributed by atoms with E-state index in [-0.39, 0.29) is 26.9 Å². The molecule has 1 amide bonds. The monoisotopic (exact) mass is 415 g/mol. The van der Waals surface area contributed by atoms with Gasteiger partial charge in [0.1, 0.15) is 11.3 Å². The minimum Gasteiger partial charge on any atom is -0.452 e. The fraction of sp³-hybridized carbons (Fsp3) is 0.312. The maximum absolute atomic E-state index is 12.2. The number of amides is 1. The Hall–Kier alpha value is -2.43. The van der Waals surface area contributed by atoms with E-state index in [2.05, 4.69) is 10.5 Å². The van der Waals surface area contributed by atoms with Gasteiger partial charge in [-0.1, -0.05) is 16.8 Å². The number of sulfonamides is 1. The number of ether oxygens (including phenoxy) is 1. The lowest BCUT2D eigenvalue weighted by molar-refractivity contribution is -0.119. The van der Waals surface area contributed by atoms with Gasteiger partial charge in [-0.2, -0.15) is 0 Å². The van der Waals surface area contributed by atoms with Crippen LogP contribution in [0.2, 0.25) is 5.02 Å². The van der Waals surface area contributed by atoms with Crippen molar-refractivity contribution in [3.05, 3.63) is 40.2 Å². The maximum atomic E-state index is 12.2. The second-order valence-electron chi connectivity index (χ2n) is 5.75. The number of esters is 1. The molecule has 0 spiro atoms. The van der Waals surface area contributed by atoms with Crippen molar-refractivity contribution in [2.24, 2.45) is 0 Å². The van der Waals surface area contributed by atoms with Crippen LogP contribution in [0.15, 0.2) is 27.6 Å². The van der Waals surface area contributed by atoms with Crippen LogP contribution in [0, 0.1) is 13.8 Å². The Morgan fingerprint density at radius 2 is 1.96 bits per heavy atom. The van der Waals surface area contributed by atoms with E-state index >= 15 is 0 Å². The number of benzene rings is 1. The van der Waals surface area contributed by atoms with Crippen LogP contribution in [-0.4, -0.2) is 50.5 Å². The van der Waals surface area contributed by atoms with Crippen molar-refractivity contribution in [1.82, 2.24) is 9.46 Å². The van der Waals surface area contributed by atoms with Crippen molar-refractivity contribution in [1.29, 1.82) is 0 Å². The summed E-state index contributed by atoms with van der Waals surface area (Å²) >= 11 is 6.00. The van der Waals surface area contributed by atoms with Crippen LogP contribution in [0.4, 0.5) is 5.69 Å². The van der Waals surface area contributed by atoms with Crippen LogP contribution in [0.3, 0.4) is 0 Å². The Morgan fingerprint density at radius 3 is 2.52 bits per heavy atom. The average molecular weight is 416 g/mol. The summed E-state index contributed by atoms with van der Waals surface area (Å²) < 4.78 is 35.2. The van der Waals surface area contributed by atoms with Gasteiger partial charge in [0.05, 0.1) is 21.3 Å². The van der Waals surface area contributed by atoms with Gasteiger partial charge in [-0.3, -0.25) is 4.79 Å². The number of nitrogens with one attached hydrogen (secondary N) is 1. The van der Waals surface area contributed by atoms with Crippen molar-refractivity contribution >= 4 is 39.2 Å². The maximum Gasteiger partial charge on any atom is 0.344 e. The number of rotatable bonds is 6. The molecule has 1 heterocycles. The van der Waals surface area contributed by atoms with E-state index in [1.54, 1.807) is 13.8 Å². The van der Waals surface area contributed by atoms with Crippen molar-refractivity contribution in [2.75, 3.05) is 26.0 Å². The third-order valence-electron chi connectivity index (χ3n) is 3.56. The molecular formula is C16H18ClN3O6S. The molecule has 0 unspecified atom stereocenters. The summed E-state index contributed by atoms with van der Waals surface area (Å²) in [5.74, 6) is -1.16. The number of nitrogens with zero attached hydrogens (tertiary/aromatic N) is 2. The SMILES string of the molecule is Cc1noc(C)c1C(=O)OCC(=O)Nc1cc(S(=O)(=O)N(C)C)ccc1Cl. The van der Waals surface area contributed by atoms with Gasteiger partial charge in [0.15, 0.2) is 6.61 Å². The van der Waals surface area contributed by atoms with Crippen LogP contribution in [-0.2, 0) is 19.6 Å². The van der Waals surface area contributed by atoms with E-state index in [1.165, 1.54) is 32.3 Å². The molecule has 0 fully saturated rings.